The molecule has 0 spiro atoms. The van der Waals surface area contributed by atoms with Gasteiger partial charge in [0, 0.05) is 0 Å². The van der Waals surface area contributed by atoms with E-state index < -0.39 is 0 Å². The molecule has 0 aliphatic rings. The van der Waals surface area contributed by atoms with E-state index in [0.29, 0.717) is 0 Å². The fourth-order valence-electron chi connectivity index (χ4n) is 1.51. The van der Waals surface area contributed by atoms with Crippen molar-refractivity contribution in [1.82, 2.24) is 9.97 Å². The Bertz CT molecular complexity index is 449. The van der Waals surface area contributed by atoms with E-state index in [-0.39, 0.29) is 0 Å². The van der Waals surface area contributed by atoms with E-state index in [1.54, 1.807) is 0 Å². The summed E-state index contributed by atoms with van der Waals surface area (Å²) >= 11 is 6.79. The molecule has 0 saturated carbocycles. The van der Waals surface area contributed by atoms with Gasteiger partial charge in [0.1, 0.15) is 9.21 Å². The highest BCUT2D eigenvalue weighted by molar-refractivity contribution is 9.10. The summed E-state index contributed by atoms with van der Waals surface area (Å²) < 4.78 is 1.67. The van der Waals surface area contributed by atoms with Crippen LogP contribution in [0.5, 0.6) is 0 Å². The maximum absolute atomic E-state index is 4.42. The van der Waals surface area contributed by atoms with Crippen LogP contribution in [0.15, 0.2) is 33.5 Å². The molecule has 2 rings (SSSR count). The highest BCUT2D eigenvalue weighted by atomic mass is 79.9. The van der Waals surface area contributed by atoms with Crippen LogP contribution in [-0.2, 0) is 0 Å². The Hall–Kier alpha value is -0.740. The lowest BCUT2D eigenvalue weighted by atomic mass is 10.1. The second-order valence-electron chi connectivity index (χ2n) is 3.70. The van der Waals surface area contributed by atoms with Crippen molar-refractivity contribution in [3.05, 3.63) is 44.6 Å². The molecule has 0 saturated heterocycles. The number of aryl methyl sites for hydroxylation is 2. The molecule has 4 heteroatoms. The Morgan fingerprint density at radius 2 is 1.12 bits per heavy atom. The minimum Gasteiger partial charge on any atom is -0.239 e. The van der Waals surface area contributed by atoms with Crippen molar-refractivity contribution in [1.29, 1.82) is 0 Å². The number of rotatable bonds is 1. The highest BCUT2D eigenvalue weighted by Gasteiger charge is 2.05. The van der Waals surface area contributed by atoms with Crippen molar-refractivity contribution in [3.8, 4) is 11.4 Å². The average molecular weight is 342 g/mol. The Balaban J connectivity index is 2.57. The molecular weight excluding hydrogens is 332 g/mol. The molecule has 0 N–H and O–H groups in total. The van der Waals surface area contributed by atoms with Crippen LogP contribution >= 0.6 is 31.9 Å². The predicted molar refractivity (Wildman–Crippen MR) is 72.3 cm³/mol. The van der Waals surface area contributed by atoms with Gasteiger partial charge in [0.05, 0.1) is 11.4 Å². The van der Waals surface area contributed by atoms with E-state index in [0.717, 1.165) is 31.7 Å². The second-order valence-corrected chi connectivity index (χ2v) is 5.33. The van der Waals surface area contributed by atoms with Crippen molar-refractivity contribution in [2.24, 2.45) is 0 Å². The summed E-state index contributed by atoms with van der Waals surface area (Å²) in [5.74, 6) is 0. The number of pyridine rings is 2. The van der Waals surface area contributed by atoms with Gasteiger partial charge in [-0.15, -0.1) is 0 Å². The average Bonchev–Trinajstić information content (AvgIpc) is 2.14. The van der Waals surface area contributed by atoms with Gasteiger partial charge in [-0.1, -0.05) is 0 Å². The molecule has 82 valence electrons. The van der Waals surface area contributed by atoms with Gasteiger partial charge in [-0.05, 0) is 81.1 Å². The van der Waals surface area contributed by atoms with Gasteiger partial charge in [0.25, 0.3) is 0 Å². The number of hydrogen-bond acceptors (Lipinski definition) is 2. The van der Waals surface area contributed by atoms with Gasteiger partial charge in [0.15, 0.2) is 0 Å². The fraction of sp³-hybridized carbons (Fsp3) is 0.167. The van der Waals surface area contributed by atoms with Gasteiger partial charge < -0.3 is 0 Å². The van der Waals surface area contributed by atoms with Crippen molar-refractivity contribution >= 4 is 31.9 Å². The third kappa shape index (κ3) is 2.68. The summed E-state index contributed by atoms with van der Waals surface area (Å²) in [6.45, 7) is 4.08. The van der Waals surface area contributed by atoms with Crippen LogP contribution in [0.25, 0.3) is 11.4 Å². The summed E-state index contributed by atoms with van der Waals surface area (Å²) in [5, 5.41) is 0. The Morgan fingerprint density at radius 1 is 0.750 bits per heavy atom. The van der Waals surface area contributed by atoms with Gasteiger partial charge in [-0.2, -0.15) is 0 Å². The molecule has 2 aromatic heterocycles. The van der Waals surface area contributed by atoms with E-state index in [1.807, 2.05) is 38.1 Å². The van der Waals surface area contributed by atoms with Crippen molar-refractivity contribution in [2.45, 2.75) is 13.8 Å². The number of halogens is 2. The maximum atomic E-state index is 4.42. The van der Waals surface area contributed by atoms with E-state index in [4.69, 9.17) is 0 Å². The fourth-order valence-corrected chi connectivity index (χ4v) is 2.62. The van der Waals surface area contributed by atoms with Crippen LogP contribution in [0.1, 0.15) is 11.1 Å². The van der Waals surface area contributed by atoms with Crippen molar-refractivity contribution in [3.63, 3.8) is 0 Å². The first kappa shape index (κ1) is 11.7. The molecule has 16 heavy (non-hydrogen) atoms. The summed E-state index contributed by atoms with van der Waals surface area (Å²) in [7, 11) is 0. The van der Waals surface area contributed by atoms with Gasteiger partial charge in [-0.3, -0.25) is 0 Å². The second kappa shape index (κ2) is 4.63. The first-order valence-corrected chi connectivity index (χ1v) is 6.42. The Labute approximate surface area is 111 Å². The topological polar surface area (TPSA) is 25.8 Å². The Morgan fingerprint density at radius 3 is 1.44 bits per heavy atom. The molecule has 0 amide bonds. The van der Waals surface area contributed by atoms with E-state index in [9.17, 15) is 0 Å². The molecule has 0 atom stereocenters. The van der Waals surface area contributed by atoms with E-state index >= 15 is 0 Å². The van der Waals surface area contributed by atoms with Crippen LogP contribution in [0.3, 0.4) is 0 Å². The van der Waals surface area contributed by atoms with Crippen LogP contribution in [0, 0.1) is 13.8 Å². The molecule has 0 bridgehead atoms. The lowest BCUT2D eigenvalue weighted by molar-refractivity contribution is 1.17. The molecule has 0 aromatic carbocycles. The van der Waals surface area contributed by atoms with Gasteiger partial charge in [0.2, 0.25) is 0 Å². The molecule has 0 unspecified atom stereocenters. The zero-order chi connectivity index (χ0) is 11.7. The maximum Gasteiger partial charge on any atom is 0.107 e. The highest BCUT2D eigenvalue weighted by Crippen LogP contribution is 2.22. The van der Waals surface area contributed by atoms with Crippen molar-refractivity contribution < 1.29 is 0 Å². The predicted octanol–water partition coefficient (Wildman–Crippen LogP) is 4.29. The summed E-state index contributed by atoms with van der Waals surface area (Å²) in [6.07, 6.45) is 0. The number of aromatic nitrogens is 2. The number of hydrogen-bond donors (Lipinski definition) is 0. The zero-order valence-electron chi connectivity index (χ0n) is 8.96. The van der Waals surface area contributed by atoms with Crippen LogP contribution in [-0.4, -0.2) is 9.97 Å². The number of nitrogens with zero attached hydrogens (tertiary/aromatic N) is 2. The molecule has 2 nitrogen and oxygen atoms in total. The van der Waals surface area contributed by atoms with Crippen molar-refractivity contribution in [2.75, 3.05) is 0 Å². The van der Waals surface area contributed by atoms with Crippen LogP contribution in [0.2, 0.25) is 0 Å². The summed E-state index contributed by atoms with van der Waals surface area (Å²) in [4.78, 5) is 8.84. The molecule has 2 heterocycles. The van der Waals surface area contributed by atoms with E-state index in [2.05, 4.69) is 41.8 Å². The monoisotopic (exact) mass is 340 g/mol. The molecule has 0 aliphatic heterocycles. The molecule has 2 aromatic rings. The summed E-state index contributed by atoms with van der Waals surface area (Å²) in [6, 6.07) is 8.01. The standard InChI is InChI=1S/C12H10Br2N2/c1-7-3-9(15-11(13)5-7)10-4-8(2)6-12(14)16-10/h3-6H,1-2H3. The first-order chi connectivity index (χ1) is 7.54. The summed E-state index contributed by atoms with van der Waals surface area (Å²) in [5.41, 5.74) is 4.10. The lowest BCUT2D eigenvalue weighted by Crippen LogP contribution is -1.91. The van der Waals surface area contributed by atoms with Crippen LogP contribution < -0.4 is 0 Å². The third-order valence-electron chi connectivity index (χ3n) is 2.14. The quantitative estimate of drug-likeness (QED) is 0.723. The largest absolute Gasteiger partial charge is 0.239 e. The van der Waals surface area contributed by atoms with E-state index in [1.165, 1.54) is 0 Å². The molecule has 0 aliphatic carbocycles. The molecule has 0 fully saturated rings. The van der Waals surface area contributed by atoms with Crippen LogP contribution in [0.4, 0.5) is 0 Å². The minimum absolute atomic E-state index is 0.835. The third-order valence-corrected chi connectivity index (χ3v) is 2.95. The van der Waals surface area contributed by atoms with Gasteiger partial charge in [-0.25, -0.2) is 9.97 Å². The first-order valence-electron chi connectivity index (χ1n) is 4.83. The molecular formula is C12H10Br2N2. The zero-order valence-corrected chi connectivity index (χ0v) is 12.1. The molecule has 0 radical (unpaired) electrons. The minimum atomic E-state index is 0.835. The lowest BCUT2D eigenvalue weighted by Gasteiger charge is -2.04. The smallest absolute Gasteiger partial charge is 0.107 e. The Kier molecular flexibility index (Phi) is 3.40. The SMILES string of the molecule is Cc1cc(Br)nc(-c2cc(C)cc(Br)n2)c1. The normalized spacial score (nSPS) is 10.5. The van der Waals surface area contributed by atoms with Gasteiger partial charge >= 0.3 is 0 Å².